The fourth-order valence-corrected chi connectivity index (χ4v) is 1.78. The summed E-state index contributed by atoms with van der Waals surface area (Å²) in [6.07, 6.45) is 4.11. The largest absolute Gasteiger partial charge is 0.357 e. The molecule has 0 atom stereocenters. The lowest BCUT2D eigenvalue weighted by Gasteiger charge is -2.21. The van der Waals surface area contributed by atoms with Gasteiger partial charge in [-0.1, -0.05) is 13.3 Å². The Morgan fingerprint density at radius 1 is 1.40 bits per heavy atom. The average molecular weight is 394 g/mol. The van der Waals surface area contributed by atoms with Crippen LogP contribution in [0.3, 0.4) is 0 Å². The van der Waals surface area contributed by atoms with Crippen LogP contribution in [0.25, 0.3) is 0 Å². The Morgan fingerprint density at radius 2 is 2.15 bits per heavy atom. The number of rotatable bonds is 7. The third-order valence-corrected chi connectivity index (χ3v) is 2.95. The molecule has 0 aliphatic heterocycles. The number of unbranched alkanes of at least 4 members (excludes halogenated alkanes) is 1. The van der Waals surface area contributed by atoms with Crippen LogP contribution >= 0.6 is 24.0 Å². The van der Waals surface area contributed by atoms with Crippen LogP contribution in [0.15, 0.2) is 11.3 Å². The Morgan fingerprint density at radius 3 is 2.75 bits per heavy atom. The van der Waals surface area contributed by atoms with E-state index in [1.54, 1.807) is 6.33 Å². The van der Waals surface area contributed by atoms with E-state index in [1.807, 2.05) is 4.57 Å². The maximum absolute atomic E-state index is 4.63. The predicted molar refractivity (Wildman–Crippen MR) is 93.5 cm³/mol. The first kappa shape index (κ1) is 19.1. The van der Waals surface area contributed by atoms with E-state index < -0.39 is 0 Å². The van der Waals surface area contributed by atoms with Crippen LogP contribution in [0.5, 0.6) is 0 Å². The molecule has 0 spiro atoms. The number of hydrogen-bond acceptors (Lipinski definition) is 3. The summed E-state index contributed by atoms with van der Waals surface area (Å²) < 4.78 is 2.01. The van der Waals surface area contributed by atoms with Gasteiger partial charge in [-0.15, -0.1) is 34.2 Å². The Labute approximate surface area is 139 Å². The van der Waals surface area contributed by atoms with Crippen molar-refractivity contribution in [3.63, 3.8) is 0 Å². The van der Waals surface area contributed by atoms with Gasteiger partial charge in [0.15, 0.2) is 11.8 Å². The van der Waals surface area contributed by atoms with E-state index in [-0.39, 0.29) is 24.0 Å². The van der Waals surface area contributed by atoms with Crippen LogP contribution < -0.4 is 5.32 Å². The highest BCUT2D eigenvalue weighted by Gasteiger charge is 2.06. The van der Waals surface area contributed by atoms with Crippen LogP contribution in [0.2, 0.25) is 0 Å². The zero-order valence-electron chi connectivity index (χ0n) is 13.0. The molecule has 1 rings (SSSR count). The number of nitrogens with zero attached hydrogens (tertiary/aromatic N) is 5. The average Bonchev–Trinajstić information content (AvgIpc) is 2.88. The second kappa shape index (κ2) is 10.9. The second-order valence-electron chi connectivity index (χ2n) is 4.48. The molecule has 0 saturated carbocycles. The van der Waals surface area contributed by atoms with Crippen molar-refractivity contribution in [2.75, 3.05) is 20.1 Å². The lowest BCUT2D eigenvalue weighted by atomic mass is 10.3. The predicted octanol–water partition coefficient (Wildman–Crippen LogP) is 2.11. The molecule has 0 fully saturated rings. The minimum Gasteiger partial charge on any atom is -0.357 e. The molecule has 0 aliphatic carbocycles. The molecule has 0 bridgehead atoms. The number of guanidine groups is 1. The van der Waals surface area contributed by atoms with Crippen molar-refractivity contribution in [2.24, 2.45) is 4.99 Å². The highest BCUT2D eigenvalue weighted by Crippen LogP contribution is 1.99. The van der Waals surface area contributed by atoms with E-state index in [0.29, 0.717) is 6.54 Å². The molecule has 1 aromatic heterocycles. The number of nitrogens with one attached hydrogen (secondary N) is 1. The van der Waals surface area contributed by atoms with Crippen molar-refractivity contribution in [3.8, 4) is 0 Å². The van der Waals surface area contributed by atoms with Crippen LogP contribution in [-0.4, -0.2) is 45.8 Å². The second-order valence-corrected chi connectivity index (χ2v) is 4.48. The number of halogens is 1. The quantitative estimate of drug-likeness (QED) is 0.437. The molecule has 1 N–H and O–H groups in total. The minimum atomic E-state index is 0. The molecule has 1 aromatic rings. The molecule has 20 heavy (non-hydrogen) atoms. The molecule has 1 heterocycles. The van der Waals surface area contributed by atoms with Crippen LogP contribution in [-0.2, 0) is 13.1 Å². The van der Waals surface area contributed by atoms with Crippen LogP contribution in [0, 0.1) is 0 Å². The van der Waals surface area contributed by atoms with Gasteiger partial charge in [0, 0.05) is 26.7 Å². The smallest absolute Gasteiger partial charge is 0.194 e. The van der Waals surface area contributed by atoms with Gasteiger partial charge in [-0.25, -0.2) is 4.99 Å². The number of hydrogen-bond donors (Lipinski definition) is 1. The third-order valence-electron chi connectivity index (χ3n) is 2.95. The van der Waals surface area contributed by atoms with Crippen molar-refractivity contribution in [1.82, 2.24) is 25.0 Å². The topological polar surface area (TPSA) is 58.3 Å². The van der Waals surface area contributed by atoms with Crippen molar-refractivity contribution < 1.29 is 0 Å². The molecule has 0 radical (unpaired) electrons. The van der Waals surface area contributed by atoms with Gasteiger partial charge in [-0.3, -0.25) is 0 Å². The maximum atomic E-state index is 4.63. The zero-order chi connectivity index (χ0) is 14.1. The Hall–Kier alpha value is -0.860. The first-order valence-electron chi connectivity index (χ1n) is 7.09. The molecule has 0 aromatic carbocycles. The summed E-state index contributed by atoms with van der Waals surface area (Å²) in [4.78, 5) is 6.79. The molecule has 6 nitrogen and oxygen atoms in total. The molecule has 116 valence electrons. The summed E-state index contributed by atoms with van der Waals surface area (Å²) in [6.45, 7) is 9.68. The first-order valence-corrected chi connectivity index (χ1v) is 7.09. The Kier molecular flexibility index (Phi) is 10.4. The summed E-state index contributed by atoms with van der Waals surface area (Å²) >= 11 is 0. The lowest BCUT2D eigenvalue weighted by molar-refractivity contribution is 0.464. The van der Waals surface area contributed by atoms with E-state index >= 15 is 0 Å². The SMILES string of the molecule is CCCCN(C)C(=NCc1nncn1CC)NCC.I. The monoisotopic (exact) mass is 394 g/mol. The summed E-state index contributed by atoms with van der Waals surface area (Å²) in [5.41, 5.74) is 0. The summed E-state index contributed by atoms with van der Waals surface area (Å²) in [6, 6.07) is 0. The third kappa shape index (κ3) is 6.06. The molecule has 0 aliphatic rings. The van der Waals surface area contributed by atoms with Crippen molar-refractivity contribution in [3.05, 3.63) is 12.2 Å². The summed E-state index contributed by atoms with van der Waals surface area (Å²) in [5, 5.41) is 11.3. The van der Waals surface area contributed by atoms with Gasteiger partial charge >= 0.3 is 0 Å². The van der Waals surface area contributed by atoms with Crippen molar-refractivity contribution in [2.45, 2.75) is 46.7 Å². The van der Waals surface area contributed by atoms with Crippen LogP contribution in [0.1, 0.15) is 39.4 Å². The Bertz CT molecular complexity index is 390. The zero-order valence-corrected chi connectivity index (χ0v) is 15.3. The van der Waals surface area contributed by atoms with Gasteiger partial charge in [0.05, 0.1) is 0 Å². The highest BCUT2D eigenvalue weighted by atomic mass is 127. The molecule has 0 amide bonds. The molecule has 0 saturated heterocycles. The van der Waals surface area contributed by atoms with E-state index in [1.165, 1.54) is 12.8 Å². The molecular weight excluding hydrogens is 367 g/mol. The van der Waals surface area contributed by atoms with Crippen molar-refractivity contribution in [1.29, 1.82) is 0 Å². The Balaban J connectivity index is 0.00000361. The summed E-state index contributed by atoms with van der Waals surface area (Å²) in [5.74, 6) is 1.84. The van der Waals surface area contributed by atoms with Crippen molar-refractivity contribution >= 4 is 29.9 Å². The molecule has 7 heteroatoms. The maximum Gasteiger partial charge on any atom is 0.194 e. The minimum absolute atomic E-state index is 0. The number of aromatic nitrogens is 3. The van der Waals surface area contributed by atoms with Gasteiger partial charge < -0.3 is 14.8 Å². The van der Waals surface area contributed by atoms with Crippen LogP contribution in [0.4, 0.5) is 0 Å². The normalized spacial score (nSPS) is 11.1. The van der Waals surface area contributed by atoms with Gasteiger partial charge in [-0.05, 0) is 20.3 Å². The number of aliphatic imine (C=N–C) groups is 1. The fourth-order valence-electron chi connectivity index (χ4n) is 1.78. The van der Waals surface area contributed by atoms with E-state index in [2.05, 4.69) is 53.2 Å². The van der Waals surface area contributed by atoms with Gasteiger partial charge in [0.2, 0.25) is 0 Å². The molecule has 0 unspecified atom stereocenters. The first-order chi connectivity index (χ1) is 9.22. The highest BCUT2D eigenvalue weighted by molar-refractivity contribution is 14.0. The summed E-state index contributed by atoms with van der Waals surface area (Å²) in [7, 11) is 2.07. The van der Waals surface area contributed by atoms with E-state index in [4.69, 9.17) is 0 Å². The standard InChI is InChI=1S/C13H26N6.HI/c1-5-8-9-18(4)13(14-6-2)15-10-12-17-16-11-19(12)7-3;/h11H,5-10H2,1-4H3,(H,14,15);1H. The fraction of sp³-hybridized carbons (Fsp3) is 0.769. The van der Waals surface area contributed by atoms with Gasteiger partial charge in [0.25, 0.3) is 0 Å². The number of aryl methyl sites for hydroxylation is 1. The molecular formula is C13H27IN6. The van der Waals surface area contributed by atoms with Gasteiger partial charge in [-0.2, -0.15) is 0 Å². The van der Waals surface area contributed by atoms with E-state index in [0.717, 1.165) is 31.4 Å². The van der Waals surface area contributed by atoms with Gasteiger partial charge in [0.1, 0.15) is 12.9 Å². The lowest BCUT2D eigenvalue weighted by Crippen LogP contribution is -2.39. The van der Waals surface area contributed by atoms with E-state index in [9.17, 15) is 0 Å².